The van der Waals surface area contributed by atoms with E-state index in [1.54, 1.807) is 28.3 Å². The number of nitrogens with zero attached hydrogens (tertiary/aromatic N) is 5. The van der Waals surface area contributed by atoms with E-state index in [9.17, 15) is 24.3 Å². The molecule has 5 N–H and O–H groups in total. The van der Waals surface area contributed by atoms with E-state index >= 15 is 4.39 Å². The van der Waals surface area contributed by atoms with E-state index in [1.807, 2.05) is 68.7 Å². The Morgan fingerprint density at radius 2 is 1.39 bits per heavy atom. The smallest absolute Gasteiger partial charge is 0.407 e. The number of carbonyl (C=O) groups excluding carboxylic acids is 4. The summed E-state index contributed by atoms with van der Waals surface area (Å²) in [5.41, 5.74) is 3.57. The number of H-pyrrole nitrogens is 2. The van der Waals surface area contributed by atoms with Gasteiger partial charge in [-0.05, 0) is 98.9 Å². The highest BCUT2D eigenvalue weighted by Gasteiger charge is 2.45. The Labute approximate surface area is 401 Å². The Bertz CT molecular complexity index is 2970. The Morgan fingerprint density at radius 3 is 1.94 bits per heavy atom. The predicted octanol–water partition coefficient (Wildman–Crippen LogP) is 8.30. The summed E-state index contributed by atoms with van der Waals surface area (Å²) in [6.45, 7) is 8.55. The molecule has 17 nitrogen and oxygen atoms in total. The molecule has 3 aliphatic heterocycles. The van der Waals surface area contributed by atoms with Crippen LogP contribution in [0.5, 0.6) is 5.75 Å². The first kappa shape index (κ1) is 46.0. The number of alkyl carbamates (subject to hydrolysis) is 2. The average molecular weight is 962 g/mol. The fraction of sp³-hybridized carbons (Fsp3) is 0.440. The molecule has 4 amide bonds. The van der Waals surface area contributed by atoms with E-state index in [1.165, 1.54) is 31.6 Å². The Morgan fingerprint density at radius 1 is 0.812 bits per heavy atom. The van der Waals surface area contributed by atoms with Crippen molar-refractivity contribution in [3.8, 4) is 39.8 Å². The topological polar surface area (TPSA) is 209 Å². The van der Waals surface area contributed by atoms with E-state index in [2.05, 4.69) is 25.6 Å². The number of ether oxygens (including phenoxy) is 3. The second-order valence-electron chi connectivity index (χ2n) is 19.2. The third-order valence-corrected chi connectivity index (χ3v) is 15.3. The molecule has 2 saturated heterocycles. The van der Waals surface area contributed by atoms with Crippen molar-refractivity contribution in [2.75, 3.05) is 27.3 Å². The van der Waals surface area contributed by atoms with Crippen molar-refractivity contribution in [2.45, 2.75) is 102 Å². The van der Waals surface area contributed by atoms with Crippen LogP contribution in [0.1, 0.15) is 106 Å². The van der Waals surface area contributed by atoms with E-state index in [0.29, 0.717) is 66.7 Å². The number of thiophene rings is 1. The van der Waals surface area contributed by atoms with E-state index in [4.69, 9.17) is 19.2 Å². The quantitative estimate of drug-likeness (QED) is 0.0793. The number of aromatic nitrogens is 5. The van der Waals surface area contributed by atoms with Gasteiger partial charge in [-0.3, -0.25) is 14.2 Å². The number of fused-ring (bicyclic) bond motifs is 5. The molecule has 4 aliphatic rings. The lowest BCUT2D eigenvalue weighted by molar-refractivity contribution is -0.136. The van der Waals surface area contributed by atoms with Crippen molar-refractivity contribution in [2.24, 2.45) is 11.8 Å². The molecule has 5 atom stereocenters. The van der Waals surface area contributed by atoms with Crippen molar-refractivity contribution in [1.29, 1.82) is 0 Å². The molecule has 7 heterocycles. The van der Waals surface area contributed by atoms with Gasteiger partial charge in [-0.1, -0.05) is 27.7 Å². The molecule has 0 spiro atoms. The van der Waals surface area contributed by atoms with Crippen molar-refractivity contribution in [3.05, 3.63) is 87.9 Å². The molecular weight excluding hydrogens is 906 g/mol. The van der Waals surface area contributed by atoms with Crippen LogP contribution in [0.4, 0.5) is 14.0 Å². The van der Waals surface area contributed by atoms with Crippen molar-refractivity contribution < 1.29 is 42.9 Å². The summed E-state index contributed by atoms with van der Waals surface area (Å²) < 4.78 is 35.4. The summed E-state index contributed by atoms with van der Waals surface area (Å²) in [5.74, 6) is 0.0863. The molecule has 19 heteroatoms. The van der Waals surface area contributed by atoms with Crippen LogP contribution in [0.2, 0.25) is 0 Å². The number of amides is 4. The van der Waals surface area contributed by atoms with Gasteiger partial charge in [0.25, 0.3) is 0 Å². The van der Waals surface area contributed by atoms with Gasteiger partial charge < -0.3 is 49.7 Å². The molecule has 2 aromatic carbocycles. The fourth-order valence-corrected chi connectivity index (χ4v) is 11.3. The predicted molar refractivity (Wildman–Crippen MR) is 254 cm³/mol. The highest BCUT2D eigenvalue weighted by atomic mass is 32.1. The molecule has 69 heavy (non-hydrogen) atoms. The van der Waals surface area contributed by atoms with Gasteiger partial charge in [0.1, 0.15) is 35.3 Å². The lowest BCUT2D eigenvalue weighted by atomic mass is 10.0. The molecule has 3 fully saturated rings. The maximum atomic E-state index is 16.9. The van der Waals surface area contributed by atoms with Crippen LogP contribution in [0.3, 0.4) is 0 Å². The number of methoxy groups -OCH3 is 2. The van der Waals surface area contributed by atoms with Gasteiger partial charge in [0, 0.05) is 34.5 Å². The Balaban J connectivity index is 0.971. The standard InChI is InChI=1S/C50H56FN9O8S/c1-25(2)41(56-48(63)66-5)45(61)58-17-7-9-34(58)31-23-52-43(54-31)27-11-12-33-28(19-27)21-36-40-30(51)20-29(22-37(40)68-47(60(33)36)38-13-14-39(69-38)50(65)15-16-50)44-53-24-32(55-44)35-10-8-18-59(35)46(62)42(26(3)4)57-49(64)67-6/h11-14,19-26,34-35,41-42,47,65H,7-10,15-18H2,1-6H3,(H,52,54)(H,53,55)(H,56,63)(H,57,64)/t34-,35+,41-,42-,47?/m0/s1. The van der Waals surface area contributed by atoms with Crippen LogP contribution in [0.15, 0.2) is 60.9 Å². The second-order valence-corrected chi connectivity index (χ2v) is 20.3. The number of carbonyl (C=O) groups is 4. The number of hydrogen-bond donors (Lipinski definition) is 5. The minimum absolute atomic E-state index is 0.158. The first-order valence-electron chi connectivity index (χ1n) is 23.5. The van der Waals surface area contributed by atoms with Gasteiger partial charge >= 0.3 is 12.2 Å². The van der Waals surface area contributed by atoms with Crippen LogP contribution >= 0.6 is 11.3 Å². The van der Waals surface area contributed by atoms with Crippen molar-refractivity contribution in [1.82, 2.24) is 44.9 Å². The SMILES string of the molecule is COC(=O)N[C@H](C(=O)N1CCC[C@@H]1c1cnc(-c2cc(F)c3c(c2)OC(c2ccc(C4(O)CC4)s2)n2c-3cc3cc(-c4ncc([C@@H]5CCCN5C(=O)[C@@H](NC(=O)OC)C(C)C)[nH]4)ccc32)[nH]1)C(C)C. The van der Waals surface area contributed by atoms with Gasteiger partial charge in [0.15, 0.2) is 0 Å². The number of imidazole rings is 2. The van der Waals surface area contributed by atoms with Gasteiger partial charge in [0.2, 0.25) is 18.0 Å². The van der Waals surface area contributed by atoms with Gasteiger partial charge in [0.05, 0.1) is 77.3 Å². The third kappa shape index (κ3) is 8.38. The largest absolute Gasteiger partial charge is 0.464 e. The molecule has 10 rings (SSSR count). The van der Waals surface area contributed by atoms with Gasteiger partial charge in [-0.15, -0.1) is 11.3 Å². The van der Waals surface area contributed by atoms with Gasteiger partial charge in [-0.2, -0.15) is 0 Å². The maximum Gasteiger partial charge on any atom is 0.407 e. The molecule has 6 aromatic rings. The fourth-order valence-electron chi connectivity index (χ4n) is 10.1. The number of rotatable bonds is 12. The molecule has 0 bridgehead atoms. The minimum atomic E-state index is -0.851. The molecular formula is C50H56FN9O8S. The summed E-state index contributed by atoms with van der Waals surface area (Å²) in [7, 11) is 2.54. The minimum Gasteiger partial charge on any atom is -0.464 e. The first-order chi connectivity index (χ1) is 33.2. The number of hydrogen-bond acceptors (Lipinski definition) is 11. The van der Waals surface area contributed by atoms with Crippen LogP contribution in [0, 0.1) is 17.7 Å². The first-order valence-corrected chi connectivity index (χ1v) is 24.4. The van der Waals surface area contributed by atoms with Crippen LogP contribution < -0.4 is 15.4 Å². The monoisotopic (exact) mass is 961 g/mol. The van der Waals surface area contributed by atoms with Crippen molar-refractivity contribution >= 4 is 46.2 Å². The molecule has 0 radical (unpaired) electrons. The number of aliphatic hydroxyl groups is 1. The maximum absolute atomic E-state index is 16.9. The van der Waals surface area contributed by atoms with E-state index < -0.39 is 41.9 Å². The van der Waals surface area contributed by atoms with E-state index in [-0.39, 0.29) is 41.3 Å². The summed E-state index contributed by atoms with van der Waals surface area (Å²) >= 11 is 1.48. The summed E-state index contributed by atoms with van der Waals surface area (Å²) in [4.78, 5) is 73.4. The third-order valence-electron chi connectivity index (χ3n) is 14.0. The Kier molecular flexibility index (Phi) is 12.0. The number of nitrogens with one attached hydrogen (secondary N) is 4. The number of aromatic amines is 2. The number of benzene rings is 2. The normalized spacial score (nSPS) is 20.1. The molecule has 1 aliphatic carbocycles. The molecule has 4 aromatic heterocycles. The van der Waals surface area contributed by atoms with Crippen LogP contribution in [0.25, 0.3) is 44.9 Å². The van der Waals surface area contributed by atoms with E-state index in [0.717, 1.165) is 51.2 Å². The average Bonchev–Trinajstić information content (AvgIpc) is 4.12. The number of likely N-dealkylation sites (tertiary alicyclic amines) is 2. The lowest BCUT2D eigenvalue weighted by Gasteiger charge is -2.30. The summed E-state index contributed by atoms with van der Waals surface area (Å²) in [6, 6.07) is 12.9. The highest BCUT2D eigenvalue weighted by Crippen LogP contribution is 2.52. The second kappa shape index (κ2) is 18.0. The number of halogens is 1. The van der Waals surface area contributed by atoms with Crippen LogP contribution in [-0.2, 0) is 24.7 Å². The summed E-state index contributed by atoms with van der Waals surface area (Å²) in [5, 5.41) is 17.3. The Hall–Kier alpha value is -6.73. The molecule has 362 valence electrons. The lowest BCUT2D eigenvalue weighted by Crippen LogP contribution is -2.51. The van der Waals surface area contributed by atoms with Crippen LogP contribution in [-0.4, -0.2) is 103 Å². The zero-order chi connectivity index (χ0) is 48.5. The summed E-state index contributed by atoms with van der Waals surface area (Å²) in [6.07, 6.45) is 5.74. The molecule has 1 unspecified atom stereocenters. The zero-order valence-electron chi connectivity index (χ0n) is 39.3. The highest BCUT2D eigenvalue weighted by molar-refractivity contribution is 7.12. The molecule has 1 saturated carbocycles. The van der Waals surface area contributed by atoms with Gasteiger partial charge in [-0.25, -0.2) is 23.9 Å². The van der Waals surface area contributed by atoms with Crippen molar-refractivity contribution in [3.63, 3.8) is 0 Å². The zero-order valence-corrected chi connectivity index (χ0v) is 40.1.